The van der Waals surface area contributed by atoms with E-state index < -0.39 is 0 Å². The van der Waals surface area contributed by atoms with Crippen LogP contribution in [0.4, 0.5) is 11.5 Å². The number of rotatable bonds is 4. The highest BCUT2D eigenvalue weighted by molar-refractivity contribution is 5.79. The van der Waals surface area contributed by atoms with E-state index >= 15 is 0 Å². The lowest BCUT2D eigenvalue weighted by molar-refractivity contribution is -0.136. The molecule has 2 aliphatic rings. The molecule has 7 heteroatoms. The Balaban J connectivity index is 1.30. The first-order chi connectivity index (χ1) is 13.8. The number of benzene rings is 1. The summed E-state index contributed by atoms with van der Waals surface area (Å²) in [5.74, 6) is 2.21. The standard InChI is InChI=1S/C21H27N5O2/c1-28-19-5-3-2-4-18(19)24-12-14-26(15-13-24)21(27)17-6-10-25(11-7-17)20-16-22-8-9-23-20/h2-5,8-9,16-17H,6-7,10-15H2,1H3. The number of ether oxygens (including phenoxy) is 1. The maximum atomic E-state index is 13.0. The molecule has 2 aliphatic heterocycles. The second-order valence-corrected chi connectivity index (χ2v) is 7.31. The fourth-order valence-corrected chi connectivity index (χ4v) is 4.13. The number of amides is 1. The number of hydrogen-bond acceptors (Lipinski definition) is 6. The molecule has 0 bridgehead atoms. The number of carbonyl (C=O) groups is 1. The maximum Gasteiger partial charge on any atom is 0.225 e. The number of anilines is 2. The minimum absolute atomic E-state index is 0.116. The Kier molecular flexibility index (Phi) is 5.60. The predicted molar refractivity (Wildman–Crippen MR) is 109 cm³/mol. The van der Waals surface area contributed by atoms with Gasteiger partial charge in [0.25, 0.3) is 0 Å². The zero-order chi connectivity index (χ0) is 19.3. The molecule has 2 saturated heterocycles. The van der Waals surface area contributed by atoms with E-state index in [0.717, 1.165) is 69.4 Å². The Labute approximate surface area is 165 Å². The van der Waals surface area contributed by atoms with Crippen molar-refractivity contribution in [1.82, 2.24) is 14.9 Å². The van der Waals surface area contributed by atoms with Crippen LogP contribution < -0.4 is 14.5 Å². The quantitative estimate of drug-likeness (QED) is 0.808. The van der Waals surface area contributed by atoms with Crippen molar-refractivity contribution < 1.29 is 9.53 Å². The third-order valence-corrected chi connectivity index (χ3v) is 5.73. The summed E-state index contributed by atoms with van der Waals surface area (Å²) >= 11 is 0. The van der Waals surface area contributed by atoms with Gasteiger partial charge in [0.1, 0.15) is 11.6 Å². The Morgan fingerprint density at radius 2 is 1.75 bits per heavy atom. The lowest BCUT2D eigenvalue weighted by Gasteiger charge is -2.39. The number of hydrogen-bond donors (Lipinski definition) is 0. The fourth-order valence-electron chi connectivity index (χ4n) is 4.13. The third-order valence-electron chi connectivity index (χ3n) is 5.73. The smallest absolute Gasteiger partial charge is 0.225 e. The molecule has 1 amide bonds. The number of carbonyl (C=O) groups excluding carboxylic acids is 1. The molecule has 1 aromatic carbocycles. The van der Waals surface area contributed by atoms with Gasteiger partial charge in [-0.2, -0.15) is 0 Å². The molecule has 0 saturated carbocycles. The molecule has 1 aromatic heterocycles. The lowest BCUT2D eigenvalue weighted by Crippen LogP contribution is -2.51. The average Bonchev–Trinajstić information content (AvgIpc) is 2.79. The minimum Gasteiger partial charge on any atom is -0.495 e. The zero-order valence-corrected chi connectivity index (χ0v) is 16.3. The molecule has 7 nitrogen and oxygen atoms in total. The van der Waals surface area contributed by atoms with Gasteiger partial charge in [0.15, 0.2) is 0 Å². The maximum absolute atomic E-state index is 13.0. The van der Waals surface area contributed by atoms with E-state index in [1.165, 1.54) is 0 Å². The first-order valence-electron chi connectivity index (χ1n) is 9.94. The molecule has 3 heterocycles. The summed E-state index contributed by atoms with van der Waals surface area (Å²) in [4.78, 5) is 28.1. The van der Waals surface area contributed by atoms with Crippen molar-refractivity contribution in [2.45, 2.75) is 12.8 Å². The highest BCUT2D eigenvalue weighted by Crippen LogP contribution is 2.29. The van der Waals surface area contributed by atoms with Crippen molar-refractivity contribution in [2.75, 3.05) is 56.2 Å². The van der Waals surface area contributed by atoms with Crippen LogP contribution in [0.5, 0.6) is 5.75 Å². The van der Waals surface area contributed by atoms with Crippen molar-refractivity contribution in [3.05, 3.63) is 42.9 Å². The monoisotopic (exact) mass is 381 g/mol. The number of methoxy groups -OCH3 is 1. The van der Waals surface area contributed by atoms with E-state index in [9.17, 15) is 4.79 Å². The van der Waals surface area contributed by atoms with E-state index in [4.69, 9.17) is 4.74 Å². The summed E-state index contributed by atoms with van der Waals surface area (Å²) < 4.78 is 5.48. The average molecular weight is 381 g/mol. The lowest BCUT2D eigenvalue weighted by atomic mass is 9.95. The van der Waals surface area contributed by atoms with Crippen LogP contribution in [0.15, 0.2) is 42.9 Å². The number of piperidine rings is 1. The van der Waals surface area contributed by atoms with Crippen LogP contribution in [0.25, 0.3) is 0 Å². The van der Waals surface area contributed by atoms with Crippen molar-refractivity contribution in [3.63, 3.8) is 0 Å². The van der Waals surface area contributed by atoms with Crippen LogP contribution in [0.1, 0.15) is 12.8 Å². The van der Waals surface area contributed by atoms with Gasteiger partial charge in [-0.15, -0.1) is 0 Å². The molecule has 28 heavy (non-hydrogen) atoms. The molecule has 0 aliphatic carbocycles. The summed E-state index contributed by atoms with van der Waals surface area (Å²) in [6, 6.07) is 8.08. The highest BCUT2D eigenvalue weighted by Gasteiger charge is 2.31. The second kappa shape index (κ2) is 8.46. The van der Waals surface area contributed by atoms with Gasteiger partial charge < -0.3 is 19.4 Å². The van der Waals surface area contributed by atoms with Crippen LogP contribution in [0.2, 0.25) is 0 Å². The Bertz CT molecular complexity index is 784. The summed E-state index contributed by atoms with van der Waals surface area (Å²) in [6.07, 6.45) is 6.95. The normalized spacial score (nSPS) is 18.2. The predicted octanol–water partition coefficient (Wildman–Crippen LogP) is 2.05. The molecule has 148 valence electrons. The van der Waals surface area contributed by atoms with Crippen LogP contribution in [0.3, 0.4) is 0 Å². The summed E-state index contributed by atoms with van der Waals surface area (Å²) in [6.45, 7) is 4.92. The van der Waals surface area contributed by atoms with Gasteiger partial charge in [-0.25, -0.2) is 4.98 Å². The van der Waals surface area contributed by atoms with Gasteiger partial charge in [-0.05, 0) is 25.0 Å². The SMILES string of the molecule is COc1ccccc1N1CCN(C(=O)C2CCN(c3cnccn3)CC2)CC1. The van der Waals surface area contributed by atoms with E-state index in [-0.39, 0.29) is 5.92 Å². The van der Waals surface area contributed by atoms with E-state index in [1.54, 1.807) is 25.7 Å². The molecule has 0 atom stereocenters. The fraction of sp³-hybridized carbons (Fsp3) is 0.476. The third kappa shape index (κ3) is 3.88. The molecular weight excluding hydrogens is 354 g/mol. The number of nitrogens with zero attached hydrogens (tertiary/aromatic N) is 5. The molecule has 0 unspecified atom stereocenters. The Morgan fingerprint density at radius 1 is 1.00 bits per heavy atom. The van der Waals surface area contributed by atoms with Crippen LogP contribution in [-0.4, -0.2) is 67.2 Å². The Morgan fingerprint density at radius 3 is 2.43 bits per heavy atom. The van der Waals surface area contributed by atoms with Gasteiger partial charge in [0.05, 0.1) is 19.0 Å². The van der Waals surface area contributed by atoms with Crippen LogP contribution in [-0.2, 0) is 4.79 Å². The first-order valence-corrected chi connectivity index (χ1v) is 9.94. The van der Waals surface area contributed by atoms with E-state index in [0.29, 0.717) is 5.91 Å². The molecule has 2 fully saturated rings. The number of para-hydroxylation sites is 2. The van der Waals surface area contributed by atoms with Crippen LogP contribution >= 0.6 is 0 Å². The molecule has 0 spiro atoms. The molecule has 4 rings (SSSR count). The molecule has 2 aromatic rings. The van der Waals surface area contributed by atoms with Gasteiger partial charge in [-0.1, -0.05) is 12.1 Å². The second-order valence-electron chi connectivity index (χ2n) is 7.31. The molecular formula is C21H27N5O2. The minimum atomic E-state index is 0.116. The van der Waals surface area contributed by atoms with Crippen molar-refractivity contribution in [3.8, 4) is 5.75 Å². The van der Waals surface area contributed by atoms with Crippen molar-refractivity contribution in [1.29, 1.82) is 0 Å². The summed E-state index contributed by atoms with van der Waals surface area (Å²) in [5.41, 5.74) is 1.11. The zero-order valence-electron chi connectivity index (χ0n) is 16.3. The van der Waals surface area contributed by atoms with Crippen molar-refractivity contribution in [2.24, 2.45) is 5.92 Å². The topological polar surface area (TPSA) is 61.8 Å². The Hall–Kier alpha value is -2.83. The van der Waals surface area contributed by atoms with E-state index in [2.05, 4.69) is 25.8 Å². The molecule has 0 N–H and O–H groups in total. The summed E-state index contributed by atoms with van der Waals surface area (Å²) in [7, 11) is 1.70. The van der Waals surface area contributed by atoms with Crippen molar-refractivity contribution >= 4 is 17.4 Å². The van der Waals surface area contributed by atoms with Gasteiger partial charge >= 0.3 is 0 Å². The highest BCUT2D eigenvalue weighted by atomic mass is 16.5. The van der Waals surface area contributed by atoms with Gasteiger partial charge in [0, 0.05) is 57.6 Å². The van der Waals surface area contributed by atoms with Gasteiger partial charge in [0.2, 0.25) is 5.91 Å². The summed E-state index contributed by atoms with van der Waals surface area (Å²) in [5, 5.41) is 0. The number of piperazine rings is 1. The van der Waals surface area contributed by atoms with Gasteiger partial charge in [-0.3, -0.25) is 9.78 Å². The number of aromatic nitrogens is 2. The van der Waals surface area contributed by atoms with E-state index in [1.807, 2.05) is 23.1 Å². The van der Waals surface area contributed by atoms with Crippen LogP contribution in [0, 0.1) is 5.92 Å². The largest absolute Gasteiger partial charge is 0.495 e. The molecule has 0 radical (unpaired) electrons. The first kappa shape index (κ1) is 18.5.